The molecular weight excluding hydrogens is 646 g/mol. The van der Waals surface area contributed by atoms with Gasteiger partial charge in [-0.15, -0.1) is 0 Å². The van der Waals surface area contributed by atoms with Gasteiger partial charge in [0.1, 0.15) is 28.9 Å². The topological polar surface area (TPSA) is 156 Å². The molecule has 0 aliphatic rings. The second kappa shape index (κ2) is 27.1. The van der Waals surface area contributed by atoms with Crippen LogP contribution in [0.2, 0.25) is 0 Å². The molecule has 0 saturated heterocycles. The number of carbonyl (C=O) groups excluding carboxylic acids is 7. The molecule has 3 atom stereocenters. The van der Waals surface area contributed by atoms with Crippen molar-refractivity contribution < 1.29 is 33.6 Å². The fraction of sp³-hybridized carbons (Fsp3) is 0.829. The molecule has 0 aromatic carbocycles. The fourth-order valence-electron chi connectivity index (χ4n) is 4.75. The third kappa shape index (κ3) is 31.8. The maximum absolute atomic E-state index is 11.9. The Morgan fingerprint density at radius 1 is 0.451 bits per heavy atom. The summed E-state index contributed by atoms with van der Waals surface area (Å²) < 4.78 is 0. The zero-order valence-corrected chi connectivity index (χ0v) is 35.3. The Labute approximate surface area is 311 Å². The molecule has 1 amide bonds. The smallest absolute Gasteiger partial charge is 0.220 e. The lowest BCUT2D eigenvalue weighted by Crippen LogP contribution is -2.48. The van der Waals surface area contributed by atoms with E-state index >= 15 is 0 Å². The monoisotopic (exact) mass is 724 g/mol. The van der Waals surface area contributed by atoms with Gasteiger partial charge in [0, 0.05) is 75.3 Å². The van der Waals surface area contributed by atoms with Crippen molar-refractivity contribution in [3.8, 4) is 0 Å². The fourth-order valence-corrected chi connectivity index (χ4v) is 4.75. The van der Waals surface area contributed by atoms with Crippen molar-refractivity contribution in [2.45, 2.75) is 217 Å². The molecule has 0 aliphatic heterocycles. The van der Waals surface area contributed by atoms with E-state index in [-0.39, 0.29) is 69.2 Å². The molecule has 0 aliphatic carbocycles. The molecule has 298 valence electrons. The molecule has 3 N–H and O–H groups in total. The average Bonchev–Trinajstić information content (AvgIpc) is 3.04. The number of Topliss-reactive ketones (excluding diaryl/α,β-unsaturated/α-hetero) is 6. The summed E-state index contributed by atoms with van der Waals surface area (Å²) in [6.45, 7) is 29.3. The Bertz CT molecular complexity index is 1080. The van der Waals surface area contributed by atoms with E-state index in [1.807, 2.05) is 69.2 Å². The number of ketones is 6. The Balaban J connectivity index is -0.000000687. The Hall–Kier alpha value is -2.59. The summed E-state index contributed by atoms with van der Waals surface area (Å²) in [7, 11) is 0. The number of amides is 1. The normalized spacial score (nSPS) is 13.3. The number of rotatable bonds is 22. The molecule has 51 heavy (non-hydrogen) atoms. The quantitative estimate of drug-likeness (QED) is 0.102. The van der Waals surface area contributed by atoms with Crippen LogP contribution in [0.15, 0.2) is 0 Å². The molecular formula is C41H77N3O7. The second-order valence-corrected chi connectivity index (χ2v) is 16.5. The van der Waals surface area contributed by atoms with E-state index in [1.165, 1.54) is 0 Å². The van der Waals surface area contributed by atoms with Crippen molar-refractivity contribution in [3.05, 3.63) is 0 Å². The zero-order valence-electron chi connectivity index (χ0n) is 35.3. The van der Waals surface area contributed by atoms with E-state index in [0.717, 1.165) is 6.42 Å². The summed E-state index contributed by atoms with van der Waals surface area (Å²) in [6.07, 6.45) is 6.31. The molecule has 0 fully saturated rings. The molecule has 0 aromatic heterocycles. The van der Waals surface area contributed by atoms with Gasteiger partial charge in [-0.05, 0) is 66.2 Å². The first-order chi connectivity index (χ1) is 23.3. The third-order valence-electron chi connectivity index (χ3n) is 7.90. The molecule has 0 heterocycles. The molecule has 10 heteroatoms. The zero-order chi connectivity index (χ0) is 40.6. The Morgan fingerprint density at radius 2 is 0.804 bits per heavy atom. The van der Waals surface area contributed by atoms with Crippen LogP contribution in [-0.4, -0.2) is 69.8 Å². The summed E-state index contributed by atoms with van der Waals surface area (Å²) in [5.74, 6) is 0.699. The van der Waals surface area contributed by atoms with Crippen molar-refractivity contribution in [2.24, 2.45) is 5.41 Å². The number of nitrogens with one attached hydrogen (secondary N) is 3. The van der Waals surface area contributed by atoms with Crippen LogP contribution >= 0.6 is 0 Å². The highest BCUT2D eigenvalue weighted by Crippen LogP contribution is 2.20. The molecule has 0 bridgehead atoms. The van der Waals surface area contributed by atoms with Gasteiger partial charge in [0.15, 0.2) is 5.78 Å². The molecule has 0 aromatic rings. The summed E-state index contributed by atoms with van der Waals surface area (Å²) in [4.78, 5) is 81.0. The van der Waals surface area contributed by atoms with E-state index in [9.17, 15) is 33.6 Å². The van der Waals surface area contributed by atoms with E-state index in [4.69, 9.17) is 0 Å². The minimum Gasteiger partial charge on any atom is -0.346 e. The molecule has 0 radical (unpaired) electrons. The van der Waals surface area contributed by atoms with Gasteiger partial charge in [-0.25, -0.2) is 0 Å². The summed E-state index contributed by atoms with van der Waals surface area (Å²) in [5.41, 5.74) is -0.131. The van der Waals surface area contributed by atoms with Crippen LogP contribution in [0.1, 0.15) is 187 Å². The molecule has 10 nitrogen and oxygen atoms in total. The van der Waals surface area contributed by atoms with Gasteiger partial charge in [0.2, 0.25) is 5.91 Å². The number of carbonyl (C=O) groups is 7. The van der Waals surface area contributed by atoms with Gasteiger partial charge in [-0.3, -0.25) is 33.6 Å². The second-order valence-electron chi connectivity index (χ2n) is 16.5. The maximum Gasteiger partial charge on any atom is 0.220 e. The first kappa shape index (κ1) is 52.8. The standard InChI is InChI=1S/C16H29NO3.C13H25NO2.C12H23NO2/c1-6-12(18)8-9-13(14(19)7-2)17-15(20)10-11-16(3,4)5;1-6-10(15)8-9-11(12(16)7-2)14-13(3,4)5;1-6-9(14)8-10(11(15)7-2)13-12(3,4)5/h13H,6-11H2,1-5H3,(H,17,20);11,14H,6-9H2,1-5H3;10,13H,6-8H2,1-5H3. The first-order valence-electron chi connectivity index (χ1n) is 19.3. The minimum atomic E-state index is -0.511. The van der Waals surface area contributed by atoms with Gasteiger partial charge in [0.25, 0.3) is 0 Å². The van der Waals surface area contributed by atoms with E-state index in [0.29, 0.717) is 77.0 Å². The van der Waals surface area contributed by atoms with Crippen LogP contribution in [0.5, 0.6) is 0 Å². The summed E-state index contributed by atoms with van der Waals surface area (Å²) >= 11 is 0. The van der Waals surface area contributed by atoms with Crippen molar-refractivity contribution in [1.82, 2.24) is 16.0 Å². The van der Waals surface area contributed by atoms with Crippen LogP contribution in [0.4, 0.5) is 0 Å². The highest BCUT2D eigenvalue weighted by atomic mass is 16.2. The average molecular weight is 724 g/mol. The van der Waals surface area contributed by atoms with Gasteiger partial charge in [0.05, 0.1) is 18.1 Å². The lowest BCUT2D eigenvalue weighted by Gasteiger charge is -2.27. The summed E-state index contributed by atoms with van der Waals surface area (Å²) in [5, 5.41) is 9.27. The number of hydrogen-bond acceptors (Lipinski definition) is 9. The largest absolute Gasteiger partial charge is 0.346 e. The van der Waals surface area contributed by atoms with Gasteiger partial charge in [-0.1, -0.05) is 62.3 Å². The first-order valence-corrected chi connectivity index (χ1v) is 19.3. The van der Waals surface area contributed by atoms with Crippen molar-refractivity contribution >= 4 is 40.6 Å². The molecule has 0 saturated carbocycles. The van der Waals surface area contributed by atoms with Crippen LogP contribution in [0.25, 0.3) is 0 Å². The van der Waals surface area contributed by atoms with E-state index in [2.05, 4.69) is 36.7 Å². The number of hydrogen-bond donors (Lipinski definition) is 3. The van der Waals surface area contributed by atoms with Gasteiger partial charge in [-0.2, -0.15) is 0 Å². The summed E-state index contributed by atoms with van der Waals surface area (Å²) in [6, 6.07) is -1.01. The lowest BCUT2D eigenvalue weighted by molar-refractivity contribution is -0.128. The van der Waals surface area contributed by atoms with Crippen molar-refractivity contribution in [3.63, 3.8) is 0 Å². The SMILES string of the molecule is CCC(=O)CC(NC(C)(C)C)C(=O)CC.CCC(=O)CCC(NC(=O)CCC(C)(C)C)C(=O)CC.CCC(=O)CCC(NC(C)(C)C)C(=O)CC. The Morgan fingerprint density at radius 3 is 1.16 bits per heavy atom. The molecule has 3 unspecified atom stereocenters. The Kier molecular flexibility index (Phi) is 28.0. The predicted molar refractivity (Wildman–Crippen MR) is 209 cm³/mol. The van der Waals surface area contributed by atoms with Crippen LogP contribution in [0, 0.1) is 5.41 Å². The maximum atomic E-state index is 11.9. The van der Waals surface area contributed by atoms with Crippen LogP contribution in [0.3, 0.4) is 0 Å². The van der Waals surface area contributed by atoms with Crippen LogP contribution in [-0.2, 0) is 33.6 Å². The highest BCUT2D eigenvalue weighted by molar-refractivity contribution is 5.90. The molecule has 0 rings (SSSR count). The third-order valence-corrected chi connectivity index (χ3v) is 7.90. The van der Waals surface area contributed by atoms with Gasteiger partial charge < -0.3 is 16.0 Å². The molecule has 0 spiro atoms. The van der Waals surface area contributed by atoms with E-state index < -0.39 is 6.04 Å². The highest BCUT2D eigenvalue weighted by Gasteiger charge is 2.25. The van der Waals surface area contributed by atoms with Crippen LogP contribution < -0.4 is 16.0 Å². The van der Waals surface area contributed by atoms with Crippen molar-refractivity contribution in [1.29, 1.82) is 0 Å². The van der Waals surface area contributed by atoms with E-state index in [1.54, 1.807) is 13.8 Å². The minimum absolute atomic E-state index is 0.00184. The lowest BCUT2D eigenvalue weighted by atomic mass is 9.90. The van der Waals surface area contributed by atoms with Gasteiger partial charge >= 0.3 is 0 Å². The van der Waals surface area contributed by atoms with Crippen molar-refractivity contribution in [2.75, 3.05) is 0 Å². The predicted octanol–water partition coefficient (Wildman–Crippen LogP) is 7.61.